The summed E-state index contributed by atoms with van der Waals surface area (Å²) in [6, 6.07) is 10.2. The first-order valence-corrected chi connectivity index (χ1v) is 8.71. The third-order valence-corrected chi connectivity index (χ3v) is 5.03. The van der Waals surface area contributed by atoms with Gasteiger partial charge in [-0.05, 0) is 30.4 Å². The largest absolute Gasteiger partial charge is 0.478 e. The molecule has 3 heterocycles. The van der Waals surface area contributed by atoms with Gasteiger partial charge < -0.3 is 14.6 Å². The first kappa shape index (κ1) is 16.4. The van der Waals surface area contributed by atoms with Crippen molar-refractivity contribution in [3.63, 3.8) is 0 Å². The van der Waals surface area contributed by atoms with E-state index in [1.165, 1.54) is 6.20 Å². The summed E-state index contributed by atoms with van der Waals surface area (Å²) in [5, 5.41) is 14.3. The number of piperidine rings is 1. The maximum atomic E-state index is 12.7. The monoisotopic (exact) mass is 352 g/mol. The Morgan fingerprint density at radius 3 is 2.65 bits per heavy atom. The van der Waals surface area contributed by atoms with Crippen LogP contribution in [0.5, 0.6) is 0 Å². The van der Waals surface area contributed by atoms with E-state index in [9.17, 15) is 9.59 Å². The van der Waals surface area contributed by atoms with Crippen LogP contribution in [-0.2, 0) is 11.3 Å². The molecule has 0 aliphatic carbocycles. The summed E-state index contributed by atoms with van der Waals surface area (Å²) < 4.78 is 3.70. The molecule has 2 aromatic heterocycles. The summed E-state index contributed by atoms with van der Waals surface area (Å²) >= 11 is 0. The molecule has 26 heavy (non-hydrogen) atoms. The minimum absolute atomic E-state index is 0.108. The number of para-hydroxylation sites is 1. The molecule has 1 N–H and O–H groups in total. The van der Waals surface area contributed by atoms with E-state index in [2.05, 4.69) is 5.10 Å². The number of likely N-dealkylation sites (tertiary alicyclic amines) is 1. The summed E-state index contributed by atoms with van der Waals surface area (Å²) in [5.74, 6) is -0.862. The van der Waals surface area contributed by atoms with Crippen LogP contribution < -0.4 is 0 Å². The van der Waals surface area contributed by atoms with Crippen LogP contribution in [0, 0.1) is 0 Å². The molecule has 4 rings (SSSR count). The van der Waals surface area contributed by atoms with Crippen LogP contribution in [0.2, 0.25) is 0 Å². The molecule has 3 aromatic rings. The predicted molar refractivity (Wildman–Crippen MR) is 96.0 cm³/mol. The summed E-state index contributed by atoms with van der Waals surface area (Å²) in [6.07, 6.45) is 6.44. The number of hydrogen-bond donors (Lipinski definition) is 1. The molecule has 0 radical (unpaired) electrons. The lowest BCUT2D eigenvalue weighted by Gasteiger charge is -2.32. The van der Waals surface area contributed by atoms with Crippen LogP contribution in [0.1, 0.15) is 29.2 Å². The van der Waals surface area contributed by atoms with E-state index in [-0.39, 0.29) is 17.5 Å². The van der Waals surface area contributed by atoms with Gasteiger partial charge in [0.05, 0.1) is 17.8 Å². The Morgan fingerprint density at radius 1 is 1.15 bits per heavy atom. The van der Waals surface area contributed by atoms with Gasteiger partial charge in [0.25, 0.3) is 0 Å². The van der Waals surface area contributed by atoms with Crippen LogP contribution in [0.25, 0.3) is 10.9 Å². The second kappa shape index (κ2) is 6.67. The topological polar surface area (TPSA) is 80.4 Å². The number of amides is 1. The Hall–Kier alpha value is -3.09. The minimum Gasteiger partial charge on any atom is -0.478 e. The van der Waals surface area contributed by atoms with Crippen LogP contribution >= 0.6 is 0 Å². The molecule has 1 aromatic carbocycles. The second-order valence-corrected chi connectivity index (χ2v) is 6.63. The third kappa shape index (κ3) is 3.08. The smallest absolute Gasteiger partial charge is 0.338 e. The molecular weight excluding hydrogens is 332 g/mol. The van der Waals surface area contributed by atoms with E-state index < -0.39 is 5.97 Å². The molecular formula is C19H20N4O3. The molecule has 0 atom stereocenters. The van der Waals surface area contributed by atoms with Gasteiger partial charge in [-0.25, -0.2) is 4.79 Å². The van der Waals surface area contributed by atoms with Gasteiger partial charge in [-0.1, -0.05) is 18.2 Å². The highest BCUT2D eigenvalue weighted by atomic mass is 16.4. The fourth-order valence-electron chi connectivity index (χ4n) is 3.55. The quantitative estimate of drug-likeness (QED) is 0.782. The highest BCUT2D eigenvalue weighted by Gasteiger charge is 2.25. The molecule has 1 amide bonds. The molecule has 1 fully saturated rings. The number of hydrogen-bond acceptors (Lipinski definition) is 3. The van der Waals surface area contributed by atoms with Gasteiger partial charge in [0.1, 0.15) is 6.54 Å². The van der Waals surface area contributed by atoms with Crippen molar-refractivity contribution in [2.45, 2.75) is 25.4 Å². The maximum absolute atomic E-state index is 12.7. The number of nitrogens with zero attached hydrogens (tertiary/aromatic N) is 4. The van der Waals surface area contributed by atoms with Gasteiger partial charge in [-0.3, -0.25) is 9.48 Å². The zero-order valence-corrected chi connectivity index (χ0v) is 14.3. The van der Waals surface area contributed by atoms with E-state index in [1.807, 2.05) is 46.0 Å². The highest BCUT2D eigenvalue weighted by Crippen LogP contribution is 2.23. The molecule has 0 bridgehead atoms. The fraction of sp³-hybridized carbons (Fsp3) is 0.316. The molecule has 1 saturated heterocycles. The molecule has 7 nitrogen and oxygen atoms in total. The van der Waals surface area contributed by atoms with Crippen molar-refractivity contribution in [2.24, 2.45) is 0 Å². The number of carbonyl (C=O) groups excluding carboxylic acids is 1. The number of benzene rings is 1. The number of aromatic carboxylic acids is 1. The number of carbonyl (C=O) groups is 2. The minimum atomic E-state index is -0.970. The molecule has 0 spiro atoms. The van der Waals surface area contributed by atoms with Gasteiger partial charge in [0.2, 0.25) is 5.91 Å². The van der Waals surface area contributed by atoms with Crippen molar-refractivity contribution in [1.29, 1.82) is 0 Å². The lowest BCUT2D eigenvalue weighted by Crippen LogP contribution is -2.40. The van der Waals surface area contributed by atoms with Crippen molar-refractivity contribution >= 4 is 22.8 Å². The Balaban J connectivity index is 1.38. The fourth-order valence-corrected chi connectivity index (χ4v) is 3.55. The van der Waals surface area contributed by atoms with E-state index in [0.29, 0.717) is 19.6 Å². The Morgan fingerprint density at radius 2 is 1.92 bits per heavy atom. The van der Waals surface area contributed by atoms with Crippen LogP contribution in [0.3, 0.4) is 0 Å². The van der Waals surface area contributed by atoms with Gasteiger partial charge in [-0.15, -0.1) is 0 Å². The summed E-state index contributed by atoms with van der Waals surface area (Å²) in [7, 11) is 0. The standard InChI is InChI=1S/C19H20N4O3/c24-18(13-22-8-5-14-3-1-2-4-17(14)22)21-9-6-16(7-10-21)23-12-15(11-20-23)19(25)26/h1-5,8,11-12,16H,6-7,9-10,13H2,(H,25,26). The lowest BCUT2D eigenvalue weighted by atomic mass is 10.1. The van der Waals surface area contributed by atoms with Crippen molar-refractivity contribution < 1.29 is 14.7 Å². The maximum Gasteiger partial charge on any atom is 0.338 e. The number of aromatic nitrogens is 3. The predicted octanol–water partition coefficient (Wildman–Crippen LogP) is 2.40. The summed E-state index contributed by atoms with van der Waals surface area (Å²) in [4.78, 5) is 25.5. The zero-order valence-electron chi connectivity index (χ0n) is 14.3. The van der Waals surface area contributed by atoms with E-state index in [0.717, 1.165) is 23.7 Å². The SMILES string of the molecule is O=C(O)c1cnn(C2CCN(C(=O)Cn3ccc4ccccc43)CC2)c1. The highest BCUT2D eigenvalue weighted by molar-refractivity contribution is 5.86. The third-order valence-electron chi connectivity index (χ3n) is 5.03. The summed E-state index contributed by atoms with van der Waals surface area (Å²) in [5.41, 5.74) is 1.26. The first-order chi connectivity index (χ1) is 12.6. The van der Waals surface area contributed by atoms with Gasteiger partial charge in [0.15, 0.2) is 0 Å². The second-order valence-electron chi connectivity index (χ2n) is 6.63. The van der Waals surface area contributed by atoms with Crippen molar-refractivity contribution in [2.75, 3.05) is 13.1 Å². The molecule has 1 aliphatic heterocycles. The van der Waals surface area contributed by atoms with E-state index in [4.69, 9.17) is 5.11 Å². The molecule has 7 heteroatoms. The first-order valence-electron chi connectivity index (χ1n) is 8.71. The van der Waals surface area contributed by atoms with E-state index >= 15 is 0 Å². The van der Waals surface area contributed by atoms with Crippen molar-refractivity contribution in [3.8, 4) is 0 Å². The van der Waals surface area contributed by atoms with Crippen LogP contribution in [-0.4, -0.2) is 49.3 Å². The normalized spacial score (nSPS) is 15.5. The Kier molecular flexibility index (Phi) is 4.20. The van der Waals surface area contributed by atoms with Crippen molar-refractivity contribution in [1.82, 2.24) is 19.2 Å². The number of rotatable bonds is 4. The molecule has 0 unspecified atom stereocenters. The number of carboxylic acid groups (broad SMARTS) is 1. The Bertz CT molecular complexity index is 951. The number of fused-ring (bicyclic) bond motifs is 1. The molecule has 0 saturated carbocycles. The van der Waals surface area contributed by atoms with Gasteiger partial charge in [-0.2, -0.15) is 5.10 Å². The van der Waals surface area contributed by atoms with E-state index in [1.54, 1.807) is 10.9 Å². The average Bonchev–Trinajstić information content (AvgIpc) is 3.30. The lowest BCUT2D eigenvalue weighted by molar-refractivity contribution is -0.133. The molecule has 1 aliphatic rings. The molecule has 134 valence electrons. The average molecular weight is 352 g/mol. The van der Waals surface area contributed by atoms with Crippen LogP contribution in [0.4, 0.5) is 0 Å². The Labute approximate surface area is 150 Å². The van der Waals surface area contributed by atoms with Gasteiger partial charge in [0, 0.05) is 31.0 Å². The zero-order chi connectivity index (χ0) is 18.1. The van der Waals surface area contributed by atoms with Gasteiger partial charge >= 0.3 is 5.97 Å². The summed E-state index contributed by atoms with van der Waals surface area (Å²) in [6.45, 7) is 1.65. The van der Waals surface area contributed by atoms with Crippen LogP contribution in [0.15, 0.2) is 48.9 Å². The van der Waals surface area contributed by atoms with Crippen molar-refractivity contribution in [3.05, 3.63) is 54.5 Å². The number of carboxylic acids is 1.